The molecule has 0 bridgehead atoms. The molecule has 2 N–H and O–H groups in total. The Morgan fingerprint density at radius 2 is 1.82 bits per heavy atom. The van der Waals surface area contributed by atoms with E-state index >= 15 is 0 Å². The van der Waals surface area contributed by atoms with Gasteiger partial charge in [0.1, 0.15) is 0 Å². The van der Waals surface area contributed by atoms with Crippen molar-refractivity contribution in [2.24, 2.45) is 5.73 Å². The molecule has 4 rings (SSSR count). The van der Waals surface area contributed by atoms with Gasteiger partial charge in [-0.05, 0) is 53.1 Å². The minimum absolute atomic E-state index is 0. The van der Waals surface area contributed by atoms with Gasteiger partial charge in [-0.15, -0.1) is 12.4 Å². The van der Waals surface area contributed by atoms with E-state index in [0.717, 1.165) is 19.3 Å². The van der Waals surface area contributed by atoms with Gasteiger partial charge in [0.15, 0.2) is 5.78 Å². The number of Topliss-reactive ketones (excluding diaryl/α,β-unsaturated/α-hetero) is 1. The number of hydrogen-bond donors (Lipinski definition) is 1. The molecule has 0 spiro atoms. The summed E-state index contributed by atoms with van der Waals surface area (Å²) < 4.78 is 0. The monoisotopic (exact) mass is 315 g/mol. The van der Waals surface area contributed by atoms with Crippen LogP contribution in [-0.2, 0) is 24.1 Å². The molecule has 0 heterocycles. The molecule has 1 atom stereocenters. The van der Waals surface area contributed by atoms with E-state index in [1.54, 1.807) is 0 Å². The predicted octanol–water partition coefficient (Wildman–Crippen LogP) is 3.72. The maximum absolute atomic E-state index is 11.7. The van der Waals surface area contributed by atoms with Crippen LogP contribution in [0.1, 0.15) is 30.0 Å². The van der Waals surface area contributed by atoms with Gasteiger partial charge in [0, 0.05) is 6.42 Å². The first-order chi connectivity index (χ1) is 10.2. The van der Waals surface area contributed by atoms with E-state index in [-0.39, 0.29) is 24.2 Å². The van der Waals surface area contributed by atoms with Gasteiger partial charge in [0.2, 0.25) is 0 Å². The average molecular weight is 316 g/mol. The molecule has 1 aromatic rings. The minimum Gasteiger partial charge on any atom is -0.321 e. The molecule has 0 aromatic heterocycles. The summed E-state index contributed by atoms with van der Waals surface area (Å²) in [6, 6.07) is 14.5. The van der Waals surface area contributed by atoms with Crippen molar-refractivity contribution >= 4 is 18.2 Å². The van der Waals surface area contributed by atoms with E-state index < -0.39 is 0 Å². The van der Waals surface area contributed by atoms with Crippen LogP contribution in [0.2, 0.25) is 0 Å². The topological polar surface area (TPSA) is 43.1 Å². The zero-order chi connectivity index (χ0) is 14.8. The van der Waals surface area contributed by atoms with E-state index in [0.29, 0.717) is 6.42 Å². The fourth-order valence-electron chi connectivity index (χ4n) is 2.96. The van der Waals surface area contributed by atoms with Gasteiger partial charge >= 0.3 is 0 Å². The van der Waals surface area contributed by atoms with Gasteiger partial charge in [-0.2, -0.15) is 0 Å². The molecule has 116 valence electrons. The van der Waals surface area contributed by atoms with Crippen molar-refractivity contribution in [1.29, 1.82) is 0 Å². The van der Waals surface area contributed by atoms with Gasteiger partial charge in [-0.25, -0.2) is 0 Å². The second-order valence-corrected chi connectivity index (χ2v) is 5.78. The Labute approximate surface area is 138 Å². The Balaban J connectivity index is 0.000000209. The highest BCUT2D eigenvalue weighted by atomic mass is 35.5. The molecule has 3 heteroatoms. The van der Waals surface area contributed by atoms with Gasteiger partial charge in [-0.3, -0.25) is 4.79 Å². The van der Waals surface area contributed by atoms with Crippen molar-refractivity contribution in [2.45, 2.75) is 38.6 Å². The Bertz CT molecular complexity index is 664. The summed E-state index contributed by atoms with van der Waals surface area (Å²) in [6.07, 6.45) is 3.30. The smallest absolute Gasteiger partial charge is 0.153 e. The number of carbonyl (C=O) groups is 1. The van der Waals surface area contributed by atoms with Crippen molar-refractivity contribution in [3.63, 3.8) is 0 Å². The van der Waals surface area contributed by atoms with Crippen LogP contribution >= 0.6 is 12.4 Å². The molecule has 0 saturated carbocycles. The number of fused-ring (bicyclic) bond motifs is 2. The number of rotatable bonds is 1. The Morgan fingerprint density at radius 1 is 1.14 bits per heavy atom. The Hall–Kier alpha value is -1.64. The van der Waals surface area contributed by atoms with Gasteiger partial charge in [0.05, 0.1) is 6.04 Å². The zero-order valence-electron chi connectivity index (χ0n) is 12.8. The first kappa shape index (κ1) is 16.7. The fourth-order valence-corrected chi connectivity index (χ4v) is 2.96. The van der Waals surface area contributed by atoms with Crippen LogP contribution in [0.3, 0.4) is 0 Å². The summed E-state index contributed by atoms with van der Waals surface area (Å²) in [4.78, 5) is 11.7. The second kappa shape index (κ2) is 7.08. The normalized spacial score (nSPS) is 17.4. The number of nitrogens with two attached hydrogens (primary N) is 1. The van der Waals surface area contributed by atoms with Crippen molar-refractivity contribution in [2.75, 3.05) is 0 Å². The minimum atomic E-state index is -0.262. The van der Waals surface area contributed by atoms with Crippen LogP contribution in [0.5, 0.6) is 0 Å². The number of carbonyl (C=O) groups excluding carboxylic acids is 1. The molecule has 0 fully saturated rings. The van der Waals surface area contributed by atoms with Crippen molar-refractivity contribution < 1.29 is 4.79 Å². The van der Waals surface area contributed by atoms with E-state index in [9.17, 15) is 4.79 Å². The number of aryl methyl sites for hydroxylation is 1. The fraction of sp³-hybridized carbons (Fsp3) is 0.316. The van der Waals surface area contributed by atoms with Crippen LogP contribution in [0.25, 0.3) is 11.1 Å². The number of ketones is 1. The highest BCUT2D eigenvalue weighted by Crippen LogP contribution is 2.32. The van der Waals surface area contributed by atoms with Gasteiger partial charge in [0.25, 0.3) is 0 Å². The van der Waals surface area contributed by atoms with Gasteiger partial charge in [-0.1, -0.05) is 43.3 Å². The van der Waals surface area contributed by atoms with Crippen molar-refractivity contribution in [1.82, 2.24) is 0 Å². The standard InChI is InChI=1S/C13H17NO.C6H4.ClH/c1-2-9-4-3-5-10-8-13(15)12(14)7-6-11(9)10;1-2-5-4-6(5)3-1;/h3-5,12H,2,6-8,14H2,1H3;1-4H;1H. The maximum Gasteiger partial charge on any atom is 0.153 e. The molecule has 3 aliphatic carbocycles. The third-order valence-electron chi connectivity index (χ3n) is 4.35. The van der Waals surface area contributed by atoms with Crippen LogP contribution in [0.15, 0.2) is 42.5 Å². The predicted molar refractivity (Wildman–Crippen MR) is 93.5 cm³/mol. The summed E-state index contributed by atoms with van der Waals surface area (Å²) in [6.45, 7) is 2.16. The summed E-state index contributed by atoms with van der Waals surface area (Å²) in [5.74, 6) is 0.182. The lowest BCUT2D eigenvalue weighted by molar-refractivity contribution is -0.119. The average Bonchev–Trinajstić information content (AvgIpc) is 3.14. The quantitative estimate of drug-likeness (QED) is 0.695. The van der Waals surface area contributed by atoms with E-state index in [2.05, 4.69) is 43.3 Å². The van der Waals surface area contributed by atoms with E-state index in [4.69, 9.17) is 5.73 Å². The number of benzene rings is 2. The largest absolute Gasteiger partial charge is 0.321 e. The molecule has 1 unspecified atom stereocenters. The third-order valence-corrected chi connectivity index (χ3v) is 4.35. The van der Waals surface area contributed by atoms with Crippen LogP contribution in [-0.4, -0.2) is 11.8 Å². The molecule has 0 aliphatic heterocycles. The van der Waals surface area contributed by atoms with Gasteiger partial charge < -0.3 is 5.73 Å². The second-order valence-electron chi connectivity index (χ2n) is 5.78. The lowest BCUT2D eigenvalue weighted by Crippen LogP contribution is -2.30. The summed E-state index contributed by atoms with van der Waals surface area (Å²) in [5, 5.41) is 0. The van der Waals surface area contributed by atoms with Crippen molar-refractivity contribution in [3.05, 3.63) is 59.2 Å². The molecule has 0 saturated heterocycles. The molecule has 1 aromatic carbocycles. The highest BCUT2D eigenvalue weighted by Gasteiger charge is 2.21. The first-order valence-electron chi connectivity index (χ1n) is 7.67. The molecule has 2 nitrogen and oxygen atoms in total. The molecular formula is C19H22ClNO. The Kier molecular flexibility index (Phi) is 5.38. The van der Waals surface area contributed by atoms with Crippen LogP contribution < -0.4 is 5.73 Å². The lowest BCUT2D eigenvalue weighted by atomic mass is 9.96. The molecule has 3 aliphatic rings. The maximum atomic E-state index is 11.7. The summed E-state index contributed by atoms with van der Waals surface area (Å²) in [7, 11) is 0. The summed E-state index contributed by atoms with van der Waals surface area (Å²) >= 11 is 0. The van der Waals surface area contributed by atoms with Crippen LogP contribution in [0, 0.1) is 0 Å². The summed E-state index contributed by atoms with van der Waals surface area (Å²) in [5.41, 5.74) is 12.6. The molecular weight excluding hydrogens is 294 g/mol. The number of hydrogen-bond acceptors (Lipinski definition) is 2. The van der Waals surface area contributed by atoms with E-state index in [1.807, 2.05) is 6.07 Å². The highest BCUT2D eigenvalue weighted by molar-refractivity contribution is 5.87. The van der Waals surface area contributed by atoms with E-state index in [1.165, 1.54) is 27.8 Å². The van der Waals surface area contributed by atoms with Crippen LogP contribution in [0.4, 0.5) is 0 Å². The zero-order valence-corrected chi connectivity index (χ0v) is 13.7. The SMILES string of the molecule is CCc1cccc2c1CCC(N)C(=O)C2.Cl.c1cc2cc-2c1. The number of halogens is 1. The third kappa shape index (κ3) is 3.57. The van der Waals surface area contributed by atoms with Crippen molar-refractivity contribution in [3.8, 4) is 11.1 Å². The molecule has 0 radical (unpaired) electrons. The molecule has 22 heavy (non-hydrogen) atoms. The first-order valence-corrected chi connectivity index (χ1v) is 7.67. The lowest BCUT2D eigenvalue weighted by Gasteiger charge is -2.09. The Morgan fingerprint density at radius 3 is 2.36 bits per heavy atom. The molecule has 0 amide bonds.